The van der Waals surface area contributed by atoms with Crippen LogP contribution in [0.5, 0.6) is 0 Å². The number of carbonyl (C=O) groups is 1. The molecule has 0 saturated carbocycles. The number of primary sulfonamides is 1. The van der Waals surface area contributed by atoms with Gasteiger partial charge in [-0.15, -0.1) is 0 Å². The van der Waals surface area contributed by atoms with Gasteiger partial charge in [0, 0.05) is 18.3 Å². The maximum Gasteiger partial charge on any atom is 0.292 e. The minimum Gasteiger partial charge on any atom is -0.379 e. The van der Waals surface area contributed by atoms with Gasteiger partial charge in [-0.2, -0.15) is 0 Å². The van der Waals surface area contributed by atoms with Crippen LogP contribution < -0.4 is 15.8 Å². The van der Waals surface area contributed by atoms with Gasteiger partial charge in [0.1, 0.15) is 5.69 Å². The molecule has 1 heterocycles. The van der Waals surface area contributed by atoms with E-state index in [1.165, 1.54) is 12.1 Å². The summed E-state index contributed by atoms with van der Waals surface area (Å²) >= 11 is 0. The number of rotatable bonds is 6. The van der Waals surface area contributed by atoms with Crippen molar-refractivity contribution in [3.05, 3.63) is 27.8 Å². The first-order valence-corrected chi connectivity index (χ1v) is 7.83. The predicted octanol–water partition coefficient (Wildman–Crippen LogP) is 0.180. The molecule has 0 radical (unpaired) electrons. The zero-order valence-corrected chi connectivity index (χ0v) is 11.8. The molecule has 1 aromatic rings. The number of nitrogens with two attached hydrogens (primary N) is 1. The molecule has 1 amide bonds. The Balaban J connectivity index is 2.13. The topological polar surface area (TPSA) is 144 Å². The Hall–Kier alpha value is -2.20. The highest BCUT2D eigenvalue weighted by atomic mass is 32.2. The van der Waals surface area contributed by atoms with E-state index < -0.39 is 14.9 Å². The lowest BCUT2D eigenvalue weighted by Gasteiger charge is -2.09. The van der Waals surface area contributed by atoms with Gasteiger partial charge < -0.3 is 10.6 Å². The first kappa shape index (κ1) is 15.2. The fraction of sp³-hybridized carbons (Fsp3) is 0.364. The summed E-state index contributed by atoms with van der Waals surface area (Å²) in [4.78, 5) is 21.8. The van der Waals surface area contributed by atoms with Crippen molar-refractivity contribution >= 4 is 33.0 Å². The summed E-state index contributed by atoms with van der Waals surface area (Å²) in [6.45, 7) is 0.212. The van der Waals surface area contributed by atoms with Gasteiger partial charge in [-0.3, -0.25) is 14.9 Å². The monoisotopic (exact) mass is 314 g/mol. The number of fused-ring (bicyclic) bond motifs is 1. The van der Waals surface area contributed by atoms with Gasteiger partial charge in [-0.1, -0.05) is 0 Å². The first-order chi connectivity index (χ1) is 9.76. The van der Waals surface area contributed by atoms with Crippen LogP contribution in [0.4, 0.5) is 17.1 Å². The fourth-order valence-electron chi connectivity index (χ4n) is 2.05. The molecule has 9 nitrogen and oxygen atoms in total. The number of nitro groups is 1. The molecule has 0 aromatic heterocycles. The third-order valence-electron chi connectivity index (χ3n) is 2.96. The summed E-state index contributed by atoms with van der Waals surface area (Å²) in [6.07, 6.45) is 0.335. The zero-order chi connectivity index (χ0) is 15.6. The number of nitrogens with one attached hydrogen (secondary N) is 2. The van der Waals surface area contributed by atoms with Crippen molar-refractivity contribution in [2.45, 2.75) is 12.8 Å². The standard InChI is InChI=1S/C11H14N4O5S/c12-21(19,20)3-1-2-13-9-6-8-7(5-11(16)14-8)4-10(9)15(17)18/h4,6,13H,1-3,5H2,(H,14,16)(H2,12,19,20). The van der Waals surface area contributed by atoms with E-state index in [1.807, 2.05) is 0 Å². The lowest BCUT2D eigenvalue weighted by molar-refractivity contribution is -0.384. The molecule has 1 aliphatic heterocycles. The van der Waals surface area contributed by atoms with Crippen LogP contribution in [0.25, 0.3) is 0 Å². The van der Waals surface area contributed by atoms with Gasteiger partial charge in [0.2, 0.25) is 15.9 Å². The van der Waals surface area contributed by atoms with E-state index in [0.717, 1.165) is 0 Å². The van der Waals surface area contributed by atoms with Crippen LogP contribution in [0.1, 0.15) is 12.0 Å². The zero-order valence-electron chi connectivity index (χ0n) is 11.0. The Bertz CT molecular complexity index is 701. The molecule has 0 atom stereocenters. The van der Waals surface area contributed by atoms with Crippen LogP contribution >= 0.6 is 0 Å². The highest BCUT2D eigenvalue weighted by Crippen LogP contribution is 2.34. The molecule has 0 saturated heterocycles. The molecular weight excluding hydrogens is 300 g/mol. The average molecular weight is 314 g/mol. The van der Waals surface area contributed by atoms with Crippen molar-refractivity contribution in [3.63, 3.8) is 0 Å². The van der Waals surface area contributed by atoms with Crippen molar-refractivity contribution in [2.75, 3.05) is 22.9 Å². The Morgan fingerprint density at radius 2 is 2.14 bits per heavy atom. The summed E-state index contributed by atoms with van der Waals surface area (Å²) in [5.41, 5.74) is 1.18. The number of nitrogens with zero attached hydrogens (tertiary/aromatic N) is 1. The molecule has 1 aliphatic rings. The molecule has 0 unspecified atom stereocenters. The van der Waals surface area contributed by atoms with Gasteiger partial charge in [0.05, 0.1) is 17.1 Å². The molecule has 2 rings (SSSR count). The summed E-state index contributed by atoms with van der Waals surface area (Å²) in [5, 5.41) is 21.3. The second-order valence-corrected chi connectivity index (χ2v) is 6.39. The van der Waals surface area contributed by atoms with E-state index in [2.05, 4.69) is 10.6 Å². The number of hydrogen-bond donors (Lipinski definition) is 3. The molecule has 114 valence electrons. The number of sulfonamides is 1. The van der Waals surface area contributed by atoms with Crippen LogP contribution in [-0.4, -0.2) is 31.5 Å². The predicted molar refractivity (Wildman–Crippen MR) is 76.5 cm³/mol. The third-order valence-corrected chi connectivity index (χ3v) is 3.82. The molecule has 0 spiro atoms. The summed E-state index contributed by atoms with van der Waals surface area (Å²) in [7, 11) is -3.55. The van der Waals surface area contributed by atoms with Gasteiger partial charge >= 0.3 is 0 Å². The summed E-state index contributed by atoms with van der Waals surface area (Å²) in [6, 6.07) is 2.82. The van der Waals surface area contributed by atoms with Gasteiger partial charge in [-0.25, -0.2) is 13.6 Å². The number of hydrogen-bond acceptors (Lipinski definition) is 6. The largest absolute Gasteiger partial charge is 0.379 e. The Kier molecular flexibility index (Phi) is 4.09. The van der Waals surface area contributed by atoms with Crippen molar-refractivity contribution in [3.8, 4) is 0 Å². The number of nitro benzene ring substituents is 1. The normalized spacial score (nSPS) is 13.7. The molecule has 10 heteroatoms. The maximum atomic E-state index is 11.3. The minimum atomic E-state index is -3.55. The third kappa shape index (κ3) is 3.89. The van der Waals surface area contributed by atoms with Crippen molar-refractivity contribution in [1.82, 2.24) is 0 Å². The lowest BCUT2D eigenvalue weighted by Crippen LogP contribution is -2.18. The SMILES string of the molecule is NS(=O)(=O)CCCNc1cc2c(cc1[N+](=O)[O-])CC(=O)N2. The number of carbonyl (C=O) groups excluding carboxylic acids is 1. The van der Waals surface area contributed by atoms with Crippen LogP contribution in [-0.2, 0) is 21.2 Å². The quantitative estimate of drug-likeness (QED) is 0.388. The number of benzene rings is 1. The molecule has 4 N–H and O–H groups in total. The first-order valence-electron chi connectivity index (χ1n) is 6.12. The van der Waals surface area contributed by atoms with Crippen LogP contribution in [0, 0.1) is 10.1 Å². The Labute approximate surface area is 120 Å². The second kappa shape index (κ2) is 5.66. The van der Waals surface area contributed by atoms with Crippen LogP contribution in [0.15, 0.2) is 12.1 Å². The van der Waals surface area contributed by atoms with Crippen LogP contribution in [0.2, 0.25) is 0 Å². The summed E-state index contributed by atoms with van der Waals surface area (Å²) < 4.78 is 21.6. The smallest absolute Gasteiger partial charge is 0.292 e. The van der Waals surface area contributed by atoms with Crippen molar-refractivity contribution in [1.29, 1.82) is 0 Å². The van der Waals surface area contributed by atoms with E-state index >= 15 is 0 Å². The van der Waals surface area contributed by atoms with Gasteiger partial charge in [-0.05, 0) is 18.1 Å². The van der Waals surface area contributed by atoms with Crippen molar-refractivity contribution in [2.24, 2.45) is 5.14 Å². The maximum absolute atomic E-state index is 11.3. The van der Waals surface area contributed by atoms with E-state index in [1.54, 1.807) is 0 Å². The highest BCUT2D eigenvalue weighted by molar-refractivity contribution is 7.89. The molecule has 1 aromatic carbocycles. The molecule has 0 aliphatic carbocycles. The molecular formula is C11H14N4O5S. The molecule has 0 bridgehead atoms. The second-order valence-electron chi connectivity index (χ2n) is 4.66. The van der Waals surface area contributed by atoms with E-state index in [9.17, 15) is 23.3 Å². The Morgan fingerprint density at radius 1 is 1.43 bits per heavy atom. The van der Waals surface area contributed by atoms with Gasteiger partial charge in [0.15, 0.2) is 0 Å². The number of amides is 1. The molecule has 0 fully saturated rings. The van der Waals surface area contributed by atoms with E-state index in [0.29, 0.717) is 11.3 Å². The Morgan fingerprint density at radius 3 is 2.76 bits per heavy atom. The fourth-order valence-corrected chi connectivity index (χ4v) is 2.60. The summed E-state index contributed by atoms with van der Waals surface area (Å²) in [5.74, 6) is -0.430. The van der Waals surface area contributed by atoms with Gasteiger partial charge in [0.25, 0.3) is 5.69 Å². The average Bonchev–Trinajstić information content (AvgIpc) is 2.71. The number of anilines is 2. The van der Waals surface area contributed by atoms with Crippen LogP contribution in [0.3, 0.4) is 0 Å². The van der Waals surface area contributed by atoms with Crippen molar-refractivity contribution < 1.29 is 18.1 Å². The lowest BCUT2D eigenvalue weighted by atomic mass is 10.1. The highest BCUT2D eigenvalue weighted by Gasteiger charge is 2.24. The molecule has 21 heavy (non-hydrogen) atoms. The van der Waals surface area contributed by atoms with E-state index in [-0.39, 0.29) is 42.4 Å². The minimum absolute atomic E-state index is 0.113. The van der Waals surface area contributed by atoms with E-state index in [4.69, 9.17) is 5.14 Å².